The summed E-state index contributed by atoms with van der Waals surface area (Å²) in [4.78, 5) is 12.8. The van der Waals surface area contributed by atoms with Crippen molar-refractivity contribution in [2.45, 2.75) is 112 Å². The first-order valence-corrected chi connectivity index (χ1v) is 13.3. The van der Waals surface area contributed by atoms with Crippen LogP contribution in [0.1, 0.15) is 106 Å². The van der Waals surface area contributed by atoms with Crippen molar-refractivity contribution < 1.29 is 9.90 Å². The van der Waals surface area contributed by atoms with E-state index in [4.69, 9.17) is 0 Å². The molecule has 0 bridgehead atoms. The lowest BCUT2D eigenvalue weighted by molar-refractivity contribution is -0.145. The molecule has 2 heteroatoms. The summed E-state index contributed by atoms with van der Waals surface area (Å²) in [6, 6.07) is 0. The van der Waals surface area contributed by atoms with E-state index in [1.54, 1.807) is 5.57 Å². The van der Waals surface area contributed by atoms with Gasteiger partial charge < -0.3 is 5.11 Å². The Morgan fingerprint density at radius 2 is 1.56 bits per heavy atom. The van der Waals surface area contributed by atoms with Crippen molar-refractivity contribution in [2.75, 3.05) is 0 Å². The van der Waals surface area contributed by atoms with Gasteiger partial charge in [0.2, 0.25) is 0 Å². The lowest BCUT2D eigenvalue weighted by Gasteiger charge is -2.59. The fraction of sp³-hybridized carbons (Fsp3) is 0.833. The summed E-state index contributed by atoms with van der Waals surface area (Å²) >= 11 is 0. The maximum absolute atomic E-state index is 12.8. The summed E-state index contributed by atoms with van der Waals surface area (Å²) in [5.74, 6) is 2.59. The maximum atomic E-state index is 12.8. The molecule has 0 saturated heterocycles. The zero-order valence-electron chi connectivity index (χ0n) is 21.9. The highest BCUT2D eigenvalue weighted by atomic mass is 16.3. The minimum atomic E-state index is -0.201. The number of rotatable bonds is 3. The normalized spacial score (nSPS) is 45.6. The van der Waals surface area contributed by atoms with Crippen molar-refractivity contribution in [3.05, 3.63) is 23.8 Å². The number of ketones is 1. The second-order valence-electron chi connectivity index (χ2n) is 13.7. The predicted octanol–water partition coefficient (Wildman–Crippen LogP) is 7.51. The van der Waals surface area contributed by atoms with E-state index < -0.39 is 0 Å². The summed E-state index contributed by atoms with van der Waals surface area (Å²) in [6.07, 6.45) is 11.8. The summed E-state index contributed by atoms with van der Waals surface area (Å²) in [5, 5.41) is 10.8. The first-order chi connectivity index (χ1) is 14.8. The molecule has 3 fully saturated rings. The fourth-order valence-electron chi connectivity index (χ4n) is 9.43. The number of aliphatic hydroxyl groups is 1. The molecule has 4 aliphatic rings. The molecular weight excluding hydrogens is 392 g/mol. The number of Topliss-reactive ketones (excluding diaryl/α,β-unsaturated/α-hetero) is 1. The molecule has 0 spiro atoms. The van der Waals surface area contributed by atoms with E-state index in [2.05, 4.69) is 61.1 Å². The Bertz CT molecular complexity index is 817. The van der Waals surface area contributed by atoms with Crippen molar-refractivity contribution >= 4 is 5.78 Å². The average Bonchev–Trinajstić information content (AvgIpc) is 2.69. The standard InChI is InChI=1S/C30H48O2/c1-19-9-13-23-27(3,4)25(31)15-17-29(23,7)21(19)11-12-22-20(2)10-14-24-28(5,6)26(32)16-18-30(22,24)8/h10,21-24,26,32H,1,9,11-18H2,2-8H3. The van der Waals surface area contributed by atoms with Crippen LogP contribution in [-0.4, -0.2) is 17.0 Å². The van der Waals surface area contributed by atoms with Crippen LogP contribution in [0.3, 0.4) is 0 Å². The fourth-order valence-corrected chi connectivity index (χ4v) is 9.43. The van der Waals surface area contributed by atoms with Crippen molar-refractivity contribution in [1.29, 1.82) is 0 Å². The van der Waals surface area contributed by atoms with Gasteiger partial charge in [-0.25, -0.2) is 0 Å². The molecule has 4 aliphatic carbocycles. The van der Waals surface area contributed by atoms with Crippen molar-refractivity contribution in [3.63, 3.8) is 0 Å². The summed E-state index contributed by atoms with van der Waals surface area (Å²) in [6.45, 7) is 20.9. The van der Waals surface area contributed by atoms with Gasteiger partial charge in [0.05, 0.1) is 6.10 Å². The van der Waals surface area contributed by atoms with E-state index >= 15 is 0 Å². The number of hydrogen-bond donors (Lipinski definition) is 1. The molecule has 0 amide bonds. The van der Waals surface area contributed by atoms with Crippen LogP contribution < -0.4 is 0 Å². The van der Waals surface area contributed by atoms with Gasteiger partial charge in [0, 0.05) is 11.8 Å². The van der Waals surface area contributed by atoms with Gasteiger partial charge in [-0.15, -0.1) is 0 Å². The van der Waals surface area contributed by atoms with Gasteiger partial charge in [0.15, 0.2) is 0 Å². The van der Waals surface area contributed by atoms with E-state index in [1.165, 1.54) is 18.4 Å². The number of aliphatic hydroxyl groups excluding tert-OH is 1. The molecule has 7 atom stereocenters. The van der Waals surface area contributed by atoms with Crippen LogP contribution in [-0.2, 0) is 4.79 Å². The Morgan fingerprint density at radius 3 is 2.25 bits per heavy atom. The van der Waals surface area contributed by atoms with E-state index in [9.17, 15) is 9.90 Å². The van der Waals surface area contributed by atoms with E-state index in [-0.39, 0.29) is 27.8 Å². The molecule has 0 aliphatic heterocycles. The number of carbonyl (C=O) groups excluding carboxylic acids is 1. The molecular formula is C30H48O2. The molecule has 0 heterocycles. The predicted molar refractivity (Wildman–Crippen MR) is 133 cm³/mol. The number of hydrogen-bond acceptors (Lipinski definition) is 2. The summed E-state index contributed by atoms with van der Waals surface area (Å²) in [7, 11) is 0. The molecule has 32 heavy (non-hydrogen) atoms. The Morgan fingerprint density at radius 1 is 0.938 bits per heavy atom. The van der Waals surface area contributed by atoms with Gasteiger partial charge >= 0.3 is 0 Å². The SMILES string of the molecule is C=C1CCC2C(C)(C)C(=O)CCC2(C)C1CCC1C(C)=CCC2C(C)(C)C(O)CCC12C. The van der Waals surface area contributed by atoms with Crippen LogP contribution in [0.4, 0.5) is 0 Å². The van der Waals surface area contributed by atoms with Crippen LogP contribution >= 0.6 is 0 Å². The summed E-state index contributed by atoms with van der Waals surface area (Å²) in [5.41, 5.74) is 3.24. The molecule has 2 nitrogen and oxygen atoms in total. The first-order valence-electron chi connectivity index (χ1n) is 13.3. The molecule has 180 valence electrons. The van der Waals surface area contributed by atoms with Gasteiger partial charge in [0.1, 0.15) is 5.78 Å². The minimum absolute atomic E-state index is 0.0261. The smallest absolute Gasteiger partial charge is 0.138 e. The third-order valence-corrected chi connectivity index (χ3v) is 11.6. The Labute approximate surface area is 197 Å². The highest BCUT2D eigenvalue weighted by Gasteiger charge is 2.57. The highest BCUT2D eigenvalue weighted by Crippen LogP contribution is 2.63. The number of allylic oxidation sites excluding steroid dienone is 3. The molecule has 0 aromatic carbocycles. The van der Waals surface area contributed by atoms with Crippen molar-refractivity contribution in [1.82, 2.24) is 0 Å². The van der Waals surface area contributed by atoms with E-state index in [0.717, 1.165) is 44.9 Å². The van der Waals surface area contributed by atoms with Crippen LogP contribution in [0.2, 0.25) is 0 Å². The van der Waals surface area contributed by atoms with E-state index in [0.29, 0.717) is 29.5 Å². The van der Waals surface area contributed by atoms with Gasteiger partial charge in [0.25, 0.3) is 0 Å². The molecule has 0 aromatic heterocycles. The number of carbonyl (C=O) groups is 1. The van der Waals surface area contributed by atoms with Crippen LogP contribution in [0.15, 0.2) is 23.8 Å². The van der Waals surface area contributed by atoms with Crippen LogP contribution in [0.25, 0.3) is 0 Å². The molecule has 7 unspecified atom stereocenters. The molecule has 4 rings (SSSR count). The Hall–Kier alpha value is -0.890. The highest BCUT2D eigenvalue weighted by molar-refractivity contribution is 5.85. The lowest BCUT2D eigenvalue weighted by Crippen LogP contribution is -2.55. The second kappa shape index (κ2) is 7.82. The van der Waals surface area contributed by atoms with E-state index in [1.807, 2.05) is 0 Å². The van der Waals surface area contributed by atoms with Gasteiger partial charge in [-0.1, -0.05) is 65.3 Å². The molecule has 0 radical (unpaired) electrons. The van der Waals surface area contributed by atoms with Gasteiger partial charge in [-0.05, 0) is 98.2 Å². The topological polar surface area (TPSA) is 37.3 Å². The average molecular weight is 441 g/mol. The largest absolute Gasteiger partial charge is 0.393 e. The third kappa shape index (κ3) is 3.41. The molecule has 3 saturated carbocycles. The van der Waals surface area contributed by atoms with Crippen LogP contribution in [0.5, 0.6) is 0 Å². The quantitative estimate of drug-likeness (QED) is 0.461. The monoisotopic (exact) mass is 440 g/mol. The zero-order chi connectivity index (χ0) is 23.7. The lowest BCUT2D eigenvalue weighted by atomic mass is 9.45. The maximum Gasteiger partial charge on any atom is 0.138 e. The second-order valence-corrected chi connectivity index (χ2v) is 13.7. The Kier molecular flexibility index (Phi) is 5.93. The first kappa shape index (κ1) is 24.2. The summed E-state index contributed by atoms with van der Waals surface area (Å²) < 4.78 is 0. The zero-order valence-corrected chi connectivity index (χ0v) is 21.9. The van der Waals surface area contributed by atoms with Gasteiger partial charge in [-0.2, -0.15) is 0 Å². The van der Waals surface area contributed by atoms with Crippen molar-refractivity contribution in [2.24, 2.45) is 45.3 Å². The molecule has 1 N–H and O–H groups in total. The number of fused-ring (bicyclic) bond motifs is 2. The van der Waals surface area contributed by atoms with Crippen molar-refractivity contribution in [3.8, 4) is 0 Å². The molecule has 0 aromatic rings. The minimum Gasteiger partial charge on any atom is -0.393 e. The Balaban J connectivity index is 1.59. The van der Waals surface area contributed by atoms with Gasteiger partial charge in [-0.3, -0.25) is 4.79 Å². The van der Waals surface area contributed by atoms with Crippen LogP contribution in [0, 0.1) is 45.3 Å². The third-order valence-electron chi connectivity index (χ3n) is 11.6.